The smallest absolute Gasteiger partial charge is 0.306 e. The first kappa shape index (κ1) is 36.5. The minimum Gasteiger partial charge on any atom is -0.461 e. The molecule has 0 aromatic rings. The van der Waals surface area contributed by atoms with Crippen LogP contribution in [0.3, 0.4) is 0 Å². The molecule has 0 radical (unpaired) electrons. The van der Waals surface area contributed by atoms with Gasteiger partial charge in [0.05, 0.1) is 0 Å². The van der Waals surface area contributed by atoms with E-state index < -0.39 is 0 Å². The Labute approximate surface area is 250 Å². The van der Waals surface area contributed by atoms with E-state index in [1.807, 2.05) is 0 Å². The largest absolute Gasteiger partial charge is 0.461 e. The number of esters is 1. The van der Waals surface area contributed by atoms with Gasteiger partial charge in [0, 0.05) is 6.42 Å². The van der Waals surface area contributed by atoms with Crippen LogP contribution in [0.2, 0.25) is 0 Å². The number of allylic oxidation sites excluding steroid dienone is 7. The first-order chi connectivity index (χ1) is 19.3. The van der Waals surface area contributed by atoms with Gasteiger partial charge >= 0.3 is 5.97 Å². The maximum atomic E-state index is 12.1. The quantitative estimate of drug-likeness (QED) is 0.0713. The zero-order valence-corrected chi connectivity index (χ0v) is 27.6. The fourth-order valence-electron chi connectivity index (χ4n) is 6.03. The summed E-state index contributed by atoms with van der Waals surface area (Å²) in [6.45, 7) is 14.3. The fourth-order valence-corrected chi connectivity index (χ4v) is 6.03. The van der Waals surface area contributed by atoms with Gasteiger partial charge in [-0.3, -0.25) is 4.79 Å². The number of hydrogen-bond acceptors (Lipinski definition) is 2. The van der Waals surface area contributed by atoms with Crippen LogP contribution in [0.25, 0.3) is 0 Å². The van der Waals surface area contributed by atoms with Crippen LogP contribution in [0, 0.1) is 11.3 Å². The van der Waals surface area contributed by atoms with Crippen molar-refractivity contribution in [2.45, 2.75) is 170 Å². The van der Waals surface area contributed by atoms with Crippen LogP contribution in [0.4, 0.5) is 0 Å². The minimum absolute atomic E-state index is 0.0487. The van der Waals surface area contributed by atoms with E-state index >= 15 is 0 Å². The van der Waals surface area contributed by atoms with E-state index in [0.29, 0.717) is 24.4 Å². The second-order valence-corrected chi connectivity index (χ2v) is 13.2. The molecule has 230 valence electrons. The van der Waals surface area contributed by atoms with Crippen molar-refractivity contribution in [3.8, 4) is 0 Å². The summed E-state index contributed by atoms with van der Waals surface area (Å²) in [5, 5.41) is 0. The zero-order chi connectivity index (χ0) is 29.5. The number of hydrogen-bond donors (Lipinski definition) is 0. The van der Waals surface area contributed by atoms with E-state index in [4.69, 9.17) is 4.74 Å². The third-order valence-electron chi connectivity index (χ3n) is 8.93. The Balaban J connectivity index is 2.01. The number of carbonyl (C=O) groups is 1. The van der Waals surface area contributed by atoms with Gasteiger partial charge in [0.25, 0.3) is 0 Å². The van der Waals surface area contributed by atoms with Crippen molar-refractivity contribution < 1.29 is 9.53 Å². The molecule has 1 aliphatic rings. The molecule has 2 heteroatoms. The van der Waals surface area contributed by atoms with Gasteiger partial charge in [0.2, 0.25) is 0 Å². The molecule has 0 heterocycles. The Morgan fingerprint density at radius 2 is 1.43 bits per heavy atom. The highest BCUT2D eigenvalue weighted by Crippen LogP contribution is 2.43. The molecule has 1 rings (SSSR count). The number of ether oxygens (including phenoxy) is 1. The standard InChI is InChI=1S/C38H66O2/c1-7-8-9-10-11-12-13-14-15-16-17-18-19-20-21-27-37(39)40-32-30-34(3)25-22-24-33(2)28-29-36-35(4)26-23-31-38(36,5)6/h14-15,24,26,30,36H,7-13,16-23,25,27-29,31-32H2,1-6H3/b15-14-,33-24+,34-30+/t36-/m1/s1. The first-order valence-corrected chi connectivity index (χ1v) is 17.0. The third kappa shape index (κ3) is 18.7. The Kier molecular flexibility index (Phi) is 21.0. The van der Waals surface area contributed by atoms with E-state index in [0.717, 1.165) is 25.7 Å². The summed E-state index contributed by atoms with van der Waals surface area (Å²) in [4.78, 5) is 12.1. The Morgan fingerprint density at radius 1 is 0.825 bits per heavy atom. The van der Waals surface area contributed by atoms with Gasteiger partial charge in [-0.05, 0) is 109 Å². The van der Waals surface area contributed by atoms with Crippen molar-refractivity contribution in [2.75, 3.05) is 6.61 Å². The molecular weight excluding hydrogens is 488 g/mol. The molecule has 40 heavy (non-hydrogen) atoms. The molecule has 0 fully saturated rings. The highest BCUT2D eigenvalue weighted by atomic mass is 16.5. The molecule has 0 saturated heterocycles. The van der Waals surface area contributed by atoms with Crippen molar-refractivity contribution in [3.63, 3.8) is 0 Å². The minimum atomic E-state index is -0.0487. The highest BCUT2D eigenvalue weighted by Gasteiger charge is 2.32. The van der Waals surface area contributed by atoms with E-state index in [1.165, 1.54) is 107 Å². The van der Waals surface area contributed by atoms with E-state index in [1.54, 1.807) is 5.57 Å². The lowest BCUT2D eigenvalue weighted by atomic mass is 9.67. The molecule has 0 aliphatic heterocycles. The van der Waals surface area contributed by atoms with Crippen LogP contribution in [-0.2, 0) is 9.53 Å². The SMILES string of the molecule is CCCCCCCC/C=C\CCCCCCCC(=O)OC/C=C(\C)CC/C=C(\C)CC[C@@H]1C(C)=CCCC1(C)C. The Hall–Kier alpha value is -1.57. The molecule has 1 atom stereocenters. The van der Waals surface area contributed by atoms with Crippen LogP contribution in [-0.4, -0.2) is 12.6 Å². The van der Waals surface area contributed by atoms with Crippen molar-refractivity contribution >= 4 is 5.97 Å². The third-order valence-corrected chi connectivity index (χ3v) is 8.93. The second-order valence-electron chi connectivity index (χ2n) is 13.2. The van der Waals surface area contributed by atoms with Crippen LogP contribution in [0.1, 0.15) is 170 Å². The van der Waals surface area contributed by atoms with Crippen molar-refractivity contribution in [3.05, 3.63) is 47.1 Å². The fraction of sp³-hybridized carbons (Fsp3) is 0.763. The molecule has 0 aromatic carbocycles. The highest BCUT2D eigenvalue weighted by molar-refractivity contribution is 5.69. The monoisotopic (exact) mass is 555 g/mol. The summed E-state index contributed by atoms with van der Waals surface area (Å²) in [7, 11) is 0. The maximum absolute atomic E-state index is 12.1. The normalized spacial score (nSPS) is 17.9. The average molecular weight is 555 g/mol. The lowest BCUT2D eigenvalue weighted by molar-refractivity contribution is -0.142. The summed E-state index contributed by atoms with van der Waals surface area (Å²) in [5.41, 5.74) is 4.84. The molecule has 0 amide bonds. The molecule has 0 bridgehead atoms. The van der Waals surface area contributed by atoms with Crippen molar-refractivity contribution in [1.82, 2.24) is 0 Å². The lowest BCUT2D eigenvalue weighted by Gasteiger charge is -2.38. The second kappa shape index (κ2) is 23.0. The zero-order valence-electron chi connectivity index (χ0n) is 27.6. The topological polar surface area (TPSA) is 26.3 Å². The van der Waals surface area contributed by atoms with Gasteiger partial charge in [-0.1, -0.05) is 113 Å². The number of carbonyl (C=O) groups excluding carboxylic acids is 1. The molecule has 0 spiro atoms. The van der Waals surface area contributed by atoms with E-state index in [2.05, 4.69) is 71.9 Å². The summed E-state index contributed by atoms with van der Waals surface area (Å²) in [5.74, 6) is 0.667. The maximum Gasteiger partial charge on any atom is 0.306 e. The van der Waals surface area contributed by atoms with Crippen molar-refractivity contribution in [1.29, 1.82) is 0 Å². The first-order valence-electron chi connectivity index (χ1n) is 17.0. The summed E-state index contributed by atoms with van der Waals surface area (Å²) < 4.78 is 5.45. The molecule has 0 saturated carbocycles. The van der Waals surface area contributed by atoms with Crippen LogP contribution in [0.15, 0.2) is 47.1 Å². The van der Waals surface area contributed by atoms with Gasteiger partial charge < -0.3 is 4.74 Å². The summed E-state index contributed by atoms with van der Waals surface area (Å²) in [6, 6.07) is 0. The summed E-state index contributed by atoms with van der Waals surface area (Å²) >= 11 is 0. The Bertz CT molecular complexity index is 779. The molecule has 1 aliphatic carbocycles. The van der Waals surface area contributed by atoms with Gasteiger partial charge in [0.1, 0.15) is 6.61 Å². The lowest BCUT2D eigenvalue weighted by Crippen LogP contribution is -2.27. The van der Waals surface area contributed by atoms with Gasteiger partial charge in [-0.2, -0.15) is 0 Å². The van der Waals surface area contributed by atoms with Gasteiger partial charge in [-0.25, -0.2) is 0 Å². The number of unbranched alkanes of at least 4 members (excludes halogenated alkanes) is 11. The van der Waals surface area contributed by atoms with E-state index in [9.17, 15) is 4.79 Å². The number of rotatable bonds is 23. The van der Waals surface area contributed by atoms with Crippen LogP contribution >= 0.6 is 0 Å². The van der Waals surface area contributed by atoms with Crippen LogP contribution in [0.5, 0.6) is 0 Å². The predicted octanol–water partition coefficient (Wildman–Crippen LogP) is 12.4. The van der Waals surface area contributed by atoms with Gasteiger partial charge in [-0.15, -0.1) is 0 Å². The molecule has 0 N–H and O–H groups in total. The van der Waals surface area contributed by atoms with Crippen LogP contribution < -0.4 is 0 Å². The molecule has 0 unspecified atom stereocenters. The molecule has 0 aromatic heterocycles. The summed E-state index contributed by atoms with van der Waals surface area (Å²) in [6.07, 6.45) is 35.9. The van der Waals surface area contributed by atoms with E-state index in [-0.39, 0.29) is 5.97 Å². The van der Waals surface area contributed by atoms with Crippen molar-refractivity contribution in [2.24, 2.45) is 11.3 Å². The molecular formula is C38H66O2. The van der Waals surface area contributed by atoms with Gasteiger partial charge in [0.15, 0.2) is 0 Å². The predicted molar refractivity (Wildman–Crippen MR) is 177 cm³/mol. The Morgan fingerprint density at radius 3 is 2.08 bits per heavy atom. The average Bonchev–Trinajstić information content (AvgIpc) is 2.90. The molecule has 2 nitrogen and oxygen atoms in total.